The van der Waals surface area contributed by atoms with Crippen molar-refractivity contribution < 1.29 is 24.4 Å². The quantitative estimate of drug-likeness (QED) is 0.484. The van der Waals surface area contributed by atoms with E-state index in [2.05, 4.69) is 4.90 Å². The Morgan fingerprint density at radius 2 is 1.37 bits per heavy atom. The van der Waals surface area contributed by atoms with Gasteiger partial charge in [0.25, 0.3) is 0 Å². The van der Waals surface area contributed by atoms with Gasteiger partial charge in [0.2, 0.25) is 0 Å². The van der Waals surface area contributed by atoms with E-state index in [4.69, 9.17) is 47.6 Å². The number of hydrogen-bond acceptors (Lipinski definition) is 3. The number of phenols is 1. The molecule has 1 aromatic rings. The molecule has 0 aromatic heterocycles. The number of alkyl halides is 2. The first-order chi connectivity index (χ1) is 8.77. The van der Waals surface area contributed by atoms with Gasteiger partial charge in [-0.2, -0.15) is 0 Å². The van der Waals surface area contributed by atoms with Gasteiger partial charge < -0.3 is 24.7 Å². The highest BCUT2D eigenvalue weighted by Crippen LogP contribution is 2.25. The average Bonchev–Trinajstić information content (AvgIpc) is 2.28. The fourth-order valence-electron chi connectivity index (χ4n) is 1.24. The number of phosphoric acid groups is 1. The standard InChI is InChI=1S/C10H13Cl2NO.H3O4P/c11-5-7-13(8-6-12)9-1-3-10(14)4-2-9;1-5(2,3)4/h1-4,14H,5-8H2;(H3,1,2,3,4). The Hall–Kier alpha value is -0.490. The van der Waals surface area contributed by atoms with Gasteiger partial charge in [-0.15, -0.1) is 23.2 Å². The lowest BCUT2D eigenvalue weighted by molar-refractivity contribution is 0.275. The van der Waals surface area contributed by atoms with E-state index in [1.807, 2.05) is 12.1 Å². The molecule has 1 aromatic carbocycles. The summed E-state index contributed by atoms with van der Waals surface area (Å²) in [6, 6.07) is 7.03. The lowest BCUT2D eigenvalue weighted by Crippen LogP contribution is -2.27. The smallest absolute Gasteiger partial charge is 0.466 e. The van der Waals surface area contributed by atoms with E-state index in [0.29, 0.717) is 11.8 Å². The average molecular weight is 332 g/mol. The largest absolute Gasteiger partial charge is 0.508 e. The molecule has 0 heterocycles. The first-order valence-electron chi connectivity index (χ1n) is 5.22. The van der Waals surface area contributed by atoms with E-state index < -0.39 is 7.82 Å². The van der Waals surface area contributed by atoms with Crippen molar-refractivity contribution in [3.8, 4) is 5.75 Å². The molecular weight excluding hydrogens is 316 g/mol. The van der Waals surface area contributed by atoms with Gasteiger partial charge in [0.05, 0.1) is 0 Å². The fourth-order valence-corrected chi connectivity index (χ4v) is 1.65. The summed E-state index contributed by atoms with van der Waals surface area (Å²) < 4.78 is 8.88. The number of phenolic OH excluding ortho intramolecular Hbond substituents is 1. The molecule has 0 unspecified atom stereocenters. The van der Waals surface area contributed by atoms with Crippen LogP contribution in [0.1, 0.15) is 0 Å². The zero-order valence-electron chi connectivity index (χ0n) is 9.99. The number of nitrogens with zero attached hydrogens (tertiary/aromatic N) is 1. The zero-order valence-corrected chi connectivity index (χ0v) is 12.4. The van der Waals surface area contributed by atoms with Crippen molar-refractivity contribution in [1.29, 1.82) is 0 Å². The summed E-state index contributed by atoms with van der Waals surface area (Å²) in [7, 11) is -4.64. The first kappa shape index (κ1) is 18.5. The van der Waals surface area contributed by atoms with Crippen molar-refractivity contribution in [2.24, 2.45) is 0 Å². The number of aromatic hydroxyl groups is 1. The normalized spacial score (nSPS) is 10.6. The topological polar surface area (TPSA) is 101 Å². The molecular formula is C10H16Cl2NO5P. The van der Waals surface area contributed by atoms with E-state index in [1.54, 1.807) is 12.1 Å². The van der Waals surface area contributed by atoms with Crippen LogP contribution in [0.15, 0.2) is 24.3 Å². The molecule has 0 atom stereocenters. The van der Waals surface area contributed by atoms with Gasteiger partial charge in [-0.05, 0) is 24.3 Å². The van der Waals surface area contributed by atoms with Gasteiger partial charge in [0.15, 0.2) is 0 Å². The molecule has 0 spiro atoms. The van der Waals surface area contributed by atoms with Crippen molar-refractivity contribution in [2.75, 3.05) is 29.7 Å². The third-order valence-corrected chi connectivity index (χ3v) is 2.26. The lowest BCUT2D eigenvalue weighted by atomic mass is 10.2. The van der Waals surface area contributed by atoms with Crippen molar-refractivity contribution in [2.45, 2.75) is 0 Å². The van der Waals surface area contributed by atoms with Crippen LogP contribution in [0, 0.1) is 0 Å². The van der Waals surface area contributed by atoms with Crippen LogP contribution in [0.5, 0.6) is 5.75 Å². The molecule has 0 aliphatic carbocycles. The summed E-state index contributed by atoms with van der Waals surface area (Å²) in [5, 5.41) is 9.13. The maximum absolute atomic E-state index is 9.13. The minimum Gasteiger partial charge on any atom is -0.508 e. The van der Waals surface area contributed by atoms with Gasteiger partial charge in [-0.1, -0.05) is 0 Å². The predicted molar refractivity (Wildman–Crippen MR) is 76.0 cm³/mol. The monoisotopic (exact) mass is 331 g/mol. The molecule has 1 rings (SSSR count). The molecule has 0 aliphatic rings. The summed E-state index contributed by atoms with van der Waals surface area (Å²) in [5.41, 5.74) is 1.03. The van der Waals surface area contributed by atoms with Crippen LogP contribution in [-0.4, -0.2) is 44.6 Å². The van der Waals surface area contributed by atoms with Crippen molar-refractivity contribution in [1.82, 2.24) is 0 Å². The highest BCUT2D eigenvalue weighted by Gasteiger charge is 2.04. The van der Waals surface area contributed by atoms with Crippen molar-refractivity contribution in [3.05, 3.63) is 24.3 Å². The Balaban J connectivity index is 0.000000555. The third kappa shape index (κ3) is 11.1. The minimum atomic E-state index is -4.64. The van der Waals surface area contributed by atoms with Gasteiger partial charge in [0, 0.05) is 30.5 Å². The highest BCUT2D eigenvalue weighted by atomic mass is 35.5. The van der Waals surface area contributed by atoms with Crippen LogP contribution in [0.4, 0.5) is 5.69 Å². The van der Waals surface area contributed by atoms with Crippen LogP contribution < -0.4 is 4.90 Å². The Kier molecular flexibility index (Phi) is 9.18. The zero-order chi connectivity index (χ0) is 14.9. The van der Waals surface area contributed by atoms with Crippen LogP contribution in [0.2, 0.25) is 0 Å². The molecule has 0 saturated heterocycles. The second kappa shape index (κ2) is 9.42. The molecule has 0 saturated carbocycles. The molecule has 0 radical (unpaired) electrons. The molecule has 9 heteroatoms. The molecule has 4 N–H and O–H groups in total. The van der Waals surface area contributed by atoms with Gasteiger partial charge >= 0.3 is 7.82 Å². The maximum Gasteiger partial charge on any atom is 0.466 e. The van der Waals surface area contributed by atoms with Crippen molar-refractivity contribution >= 4 is 36.7 Å². The maximum atomic E-state index is 9.13. The molecule has 0 amide bonds. The number of rotatable bonds is 5. The fraction of sp³-hybridized carbons (Fsp3) is 0.400. The van der Waals surface area contributed by atoms with E-state index >= 15 is 0 Å². The van der Waals surface area contributed by atoms with Crippen LogP contribution in [0.25, 0.3) is 0 Å². The van der Waals surface area contributed by atoms with E-state index in [0.717, 1.165) is 18.8 Å². The summed E-state index contributed by atoms with van der Waals surface area (Å²) in [6.45, 7) is 1.53. The summed E-state index contributed by atoms with van der Waals surface area (Å²) in [4.78, 5) is 23.6. The van der Waals surface area contributed by atoms with Crippen LogP contribution in [0.3, 0.4) is 0 Å². The van der Waals surface area contributed by atoms with E-state index in [9.17, 15) is 0 Å². The second-order valence-electron chi connectivity index (χ2n) is 3.39. The SMILES string of the molecule is O=P(O)(O)O.Oc1ccc(N(CCCl)CCCl)cc1. The van der Waals surface area contributed by atoms with Crippen molar-refractivity contribution in [3.63, 3.8) is 0 Å². The number of halogens is 2. The molecule has 110 valence electrons. The summed E-state index contributed by atoms with van der Waals surface area (Å²) >= 11 is 11.4. The first-order valence-corrected chi connectivity index (χ1v) is 7.85. The van der Waals surface area contributed by atoms with E-state index in [1.165, 1.54) is 0 Å². The highest BCUT2D eigenvalue weighted by molar-refractivity contribution is 7.45. The van der Waals surface area contributed by atoms with Crippen LogP contribution in [-0.2, 0) is 4.57 Å². The Bertz CT molecular complexity index is 383. The summed E-state index contributed by atoms with van der Waals surface area (Å²) in [6.07, 6.45) is 0. The van der Waals surface area contributed by atoms with E-state index in [-0.39, 0.29) is 5.75 Å². The molecule has 19 heavy (non-hydrogen) atoms. The van der Waals surface area contributed by atoms with Crippen LogP contribution >= 0.6 is 31.0 Å². The molecule has 0 aliphatic heterocycles. The second-order valence-corrected chi connectivity index (χ2v) is 5.18. The predicted octanol–water partition coefficient (Wildman–Crippen LogP) is 1.75. The molecule has 6 nitrogen and oxygen atoms in total. The number of anilines is 1. The molecule has 0 fully saturated rings. The summed E-state index contributed by atoms with van der Waals surface area (Å²) in [5.74, 6) is 1.40. The Morgan fingerprint density at radius 1 is 1.00 bits per heavy atom. The van der Waals surface area contributed by atoms with Gasteiger partial charge in [0.1, 0.15) is 5.75 Å². The Morgan fingerprint density at radius 3 is 1.68 bits per heavy atom. The van der Waals surface area contributed by atoms with Gasteiger partial charge in [-0.3, -0.25) is 0 Å². The van der Waals surface area contributed by atoms with Gasteiger partial charge in [-0.25, -0.2) is 4.57 Å². The number of benzene rings is 1. The molecule has 0 bridgehead atoms. The third-order valence-electron chi connectivity index (χ3n) is 1.92. The minimum absolute atomic E-state index is 0.269. The Labute approximate surface area is 121 Å². The number of hydrogen-bond donors (Lipinski definition) is 4. The lowest BCUT2D eigenvalue weighted by Gasteiger charge is -2.22.